The Labute approximate surface area is 171 Å². The first-order valence-electron chi connectivity index (χ1n) is 7.45. The van der Waals surface area contributed by atoms with E-state index >= 15 is 0 Å². The van der Waals surface area contributed by atoms with Crippen LogP contribution >= 0.6 is 50.6 Å². The fourth-order valence-electron chi connectivity index (χ4n) is 1.88. The third-order valence-electron chi connectivity index (χ3n) is 3.11. The van der Waals surface area contributed by atoms with E-state index in [-0.39, 0.29) is 11.2 Å². The second-order valence-corrected chi connectivity index (χ2v) is 9.04. The lowest BCUT2D eigenvalue weighted by Gasteiger charge is -2.09. The van der Waals surface area contributed by atoms with Gasteiger partial charge in [-0.05, 0) is 37.3 Å². The van der Waals surface area contributed by atoms with Crippen LogP contribution in [0.3, 0.4) is 0 Å². The molecule has 0 bridgehead atoms. The van der Waals surface area contributed by atoms with Crippen molar-refractivity contribution in [3.05, 3.63) is 52.1 Å². The van der Waals surface area contributed by atoms with Crippen molar-refractivity contribution in [2.24, 2.45) is 0 Å². The van der Waals surface area contributed by atoms with Gasteiger partial charge in [0.25, 0.3) is 0 Å². The third-order valence-corrected chi connectivity index (χ3v) is 5.85. The molecular weight excluding hydrogens is 458 g/mol. The van der Waals surface area contributed by atoms with Gasteiger partial charge in [0.05, 0.1) is 10.3 Å². The Hall–Kier alpha value is -1.68. The van der Waals surface area contributed by atoms with Crippen molar-refractivity contribution in [1.29, 1.82) is 0 Å². The minimum atomic E-state index is -0.348. The summed E-state index contributed by atoms with van der Waals surface area (Å²) in [6.45, 7) is 1.80. The standard InChI is InChI=1S/C16H13BrClN5OS2/c1-9(14(24)21-13-6-5-11(18)8-19-13)25-16-23-22-15(26-16)20-12-4-2-3-10(17)7-12/h2-9H,1H3,(H,20,22)(H,19,21,24). The van der Waals surface area contributed by atoms with Gasteiger partial charge in [-0.15, -0.1) is 10.2 Å². The van der Waals surface area contributed by atoms with Crippen LogP contribution in [0.15, 0.2) is 51.4 Å². The number of halogens is 2. The van der Waals surface area contributed by atoms with Gasteiger partial charge in [0.1, 0.15) is 5.82 Å². The summed E-state index contributed by atoms with van der Waals surface area (Å²) in [7, 11) is 0. The Kier molecular flexibility index (Phi) is 6.47. The molecule has 3 rings (SSSR count). The molecule has 6 nitrogen and oxygen atoms in total. The van der Waals surface area contributed by atoms with Gasteiger partial charge in [0, 0.05) is 16.4 Å². The van der Waals surface area contributed by atoms with Crippen molar-refractivity contribution in [2.75, 3.05) is 10.6 Å². The fraction of sp³-hybridized carbons (Fsp3) is 0.125. The molecule has 1 unspecified atom stereocenters. The number of nitrogens with zero attached hydrogens (tertiary/aromatic N) is 3. The molecule has 1 aromatic carbocycles. The van der Waals surface area contributed by atoms with Crippen LogP contribution in [-0.4, -0.2) is 26.3 Å². The Bertz CT molecular complexity index is 906. The summed E-state index contributed by atoms with van der Waals surface area (Å²) in [6, 6.07) is 11.1. The van der Waals surface area contributed by atoms with Gasteiger partial charge in [-0.3, -0.25) is 4.79 Å². The molecule has 0 aliphatic carbocycles. The van der Waals surface area contributed by atoms with Crippen LogP contribution in [0.25, 0.3) is 0 Å². The average Bonchev–Trinajstić information content (AvgIpc) is 3.03. The molecule has 26 heavy (non-hydrogen) atoms. The highest BCUT2D eigenvalue weighted by Crippen LogP contribution is 2.31. The lowest BCUT2D eigenvalue weighted by Crippen LogP contribution is -2.22. The van der Waals surface area contributed by atoms with Crippen LogP contribution in [0.5, 0.6) is 0 Å². The van der Waals surface area contributed by atoms with E-state index < -0.39 is 0 Å². The normalized spacial score (nSPS) is 11.8. The van der Waals surface area contributed by atoms with E-state index in [4.69, 9.17) is 11.6 Å². The maximum atomic E-state index is 12.3. The van der Waals surface area contributed by atoms with Gasteiger partial charge in [-0.25, -0.2) is 4.98 Å². The van der Waals surface area contributed by atoms with Gasteiger partial charge in [0.15, 0.2) is 4.34 Å². The first-order chi connectivity index (χ1) is 12.5. The molecule has 1 atom stereocenters. The molecule has 2 N–H and O–H groups in total. The number of nitrogens with one attached hydrogen (secondary N) is 2. The number of amides is 1. The molecule has 0 aliphatic heterocycles. The van der Waals surface area contributed by atoms with E-state index in [9.17, 15) is 4.79 Å². The SMILES string of the molecule is CC(Sc1nnc(Nc2cccc(Br)c2)s1)C(=O)Nc1ccc(Cl)cn1. The molecule has 10 heteroatoms. The van der Waals surface area contributed by atoms with Gasteiger partial charge in [0.2, 0.25) is 11.0 Å². The molecule has 2 aromatic heterocycles. The molecule has 0 fully saturated rings. The van der Waals surface area contributed by atoms with Crippen molar-refractivity contribution in [3.63, 3.8) is 0 Å². The first kappa shape index (κ1) is 19.1. The Balaban J connectivity index is 1.57. The highest BCUT2D eigenvalue weighted by atomic mass is 79.9. The molecular formula is C16H13BrClN5OS2. The minimum absolute atomic E-state index is 0.165. The number of carbonyl (C=O) groups excluding carboxylic acids is 1. The lowest BCUT2D eigenvalue weighted by atomic mass is 10.3. The number of rotatable bonds is 6. The molecule has 3 aromatic rings. The zero-order valence-corrected chi connectivity index (χ0v) is 17.4. The van der Waals surface area contributed by atoms with Crippen molar-refractivity contribution in [1.82, 2.24) is 15.2 Å². The Morgan fingerprint density at radius 3 is 2.88 bits per heavy atom. The number of pyridine rings is 1. The van der Waals surface area contributed by atoms with Crippen LogP contribution < -0.4 is 10.6 Å². The molecule has 1 amide bonds. The molecule has 0 radical (unpaired) electrons. The quantitative estimate of drug-likeness (QED) is 0.481. The van der Waals surface area contributed by atoms with E-state index in [0.717, 1.165) is 10.2 Å². The topological polar surface area (TPSA) is 79.8 Å². The zero-order valence-electron chi connectivity index (χ0n) is 13.4. The summed E-state index contributed by atoms with van der Waals surface area (Å²) in [5.41, 5.74) is 0.909. The van der Waals surface area contributed by atoms with Crippen LogP contribution in [0.1, 0.15) is 6.92 Å². The van der Waals surface area contributed by atoms with Crippen molar-refractivity contribution >= 4 is 73.2 Å². The number of benzene rings is 1. The monoisotopic (exact) mass is 469 g/mol. The van der Waals surface area contributed by atoms with Crippen LogP contribution in [-0.2, 0) is 4.79 Å². The van der Waals surface area contributed by atoms with Crippen LogP contribution in [0, 0.1) is 0 Å². The molecule has 0 spiro atoms. The van der Waals surface area contributed by atoms with E-state index in [1.807, 2.05) is 24.3 Å². The van der Waals surface area contributed by atoms with E-state index in [1.54, 1.807) is 19.1 Å². The number of hydrogen-bond acceptors (Lipinski definition) is 7. The van der Waals surface area contributed by atoms with Gasteiger partial charge < -0.3 is 10.6 Å². The summed E-state index contributed by atoms with van der Waals surface area (Å²) >= 11 is 11.9. The molecule has 134 valence electrons. The summed E-state index contributed by atoms with van der Waals surface area (Å²) in [6.07, 6.45) is 1.49. The average molecular weight is 471 g/mol. The zero-order chi connectivity index (χ0) is 18.5. The van der Waals surface area contributed by atoms with Crippen molar-refractivity contribution in [2.45, 2.75) is 16.5 Å². The molecule has 0 aliphatic rings. The van der Waals surface area contributed by atoms with E-state index in [2.05, 4.69) is 41.7 Å². The number of hydrogen-bond donors (Lipinski definition) is 2. The second-order valence-electron chi connectivity index (χ2n) is 5.12. The predicted molar refractivity (Wildman–Crippen MR) is 111 cm³/mol. The number of anilines is 3. The summed E-state index contributed by atoms with van der Waals surface area (Å²) < 4.78 is 1.68. The molecule has 2 heterocycles. The number of thioether (sulfide) groups is 1. The van der Waals surface area contributed by atoms with Gasteiger partial charge in [-0.1, -0.05) is 56.7 Å². The van der Waals surface area contributed by atoms with Crippen molar-refractivity contribution in [3.8, 4) is 0 Å². The van der Waals surface area contributed by atoms with Crippen molar-refractivity contribution < 1.29 is 4.79 Å². The Morgan fingerprint density at radius 1 is 1.31 bits per heavy atom. The summed E-state index contributed by atoms with van der Waals surface area (Å²) in [5.74, 6) is 0.294. The van der Waals surface area contributed by atoms with Crippen LogP contribution in [0.2, 0.25) is 5.02 Å². The van der Waals surface area contributed by atoms with Crippen LogP contribution in [0.4, 0.5) is 16.6 Å². The molecule has 0 saturated heterocycles. The summed E-state index contributed by atoms with van der Waals surface area (Å²) in [5, 5.41) is 15.0. The maximum Gasteiger partial charge on any atom is 0.238 e. The highest BCUT2D eigenvalue weighted by molar-refractivity contribution is 9.10. The number of carbonyl (C=O) groups is 1. The van der Waals surface area contributed by atoms with E-state index in [0.29, 0.717) is 20.3 Å². The minimum Gasteiger partial charge on any atom is -0.330 e. The predicted octanol–water partition coefficient (Wildman–Crippen LogP) is 5.21. The lowest BCUT2D eigenvalue weighted by molar-refractivity contribution is -0.115. The summed E-state index contributed by atoms with van der Waals surface area (Å²) in [4.78, 5) is 16.3. The maximum absolute atomic E-state index is 12.3. The second kappa shape index (κ2) is 8.81. The smallest absolute Gasteiger partial charge is 0.238 e. The fourth-order valence-corrected chi connectivity index (χ4v) is 4.31. The number of aromatic nitrogens is 3. The van der Waals surface area contributed by atoms with Gasteiger partial charge >= 0.3 is 0 Å². The Morgan fingerprint density at radius 2 is 2.15 bits per heavy atom. The van der Waals surface area contributed by atoms with E-state index in [1.165, 1.54) is 29.3 Å². The highest BCUT2D eigenvalue weighted by Gasteiger charge is 2.18. The third kappa shape index (κ3) is 5.41. The molecule has 0 saturated carbocycles. The largest absolute Gasteiger partial charge is 0.330 e. The van der Waals surface area contributed by atoms with Gasteiger partial charge in [-0.2, -0.15) is 0 Å². The first-order valence-corrected chi connectivity index (χ1v) is 10.3.